The number of hydrogen-bond acceptors (Lipinski definition) is 8. The Morgan fingerprint density at radius 2 is 0.595 bits per heavy atom. The van der Waals surface area contributed by atoms with Gasteiger partial charge in [0, 0.05) is 0 Å². The Hall–Kier alpha value is -0.320. The van der Waals surface area contributed by atoms with Crippen molar-refractivity contribution in [2.24, 2.45) is 59.2 Å². The van der Waals surface area contributed by atoms with Gasteiger partial charge in [-0.1, -0.05) is 58.8 Å². The summed E-state index contributed by atoms with van der Waals surface area (Å²) in [4.78, 5) is 0. The van der Waals surface area contributed by atoms with Gasteiger partial charge in [0.25, 0.3) is 0 Å². The predicted molar refractivity (Wildman–Crippen MR) is 166 cm³/mol. The van der Waals surface area contributed by atoms with E-state index in [1.54, 1.807) is 0 Å². The maximum atomic E-state index is 4.31. The van der Waals surface area contributed by atoms with E-state index in [4.69, 9.17) is 0 Å². The van der Waals surface area contributed by atoms with Crippen LogP contribution in [0.2, 0.25) is 0 Å². The smallest absolute Gasteiger partial charge is 0.0631 e. The maximum Gasteiger partial charge on any atom is 0.0631 e. The first kappa shape index (κ1) is 27.9. The van der Waals surface area contributed by atoms with Gasteiger partial charge in [-0.25, -0.2) is 0 Å². The molecule has 0 amide bonds. The number of rotatable bonds is 0. The van der Waals surface area contributed by atoms with Gasteiger partial charge in [-0.15, -0.1) is 0 Å². The van der Waals surface area contributed by atoms with Crippen LogP contribution in [0.15, 0.2) is 0 Å². The van der Waals surface area contributed by atoms with Crippen LogP contribution < -0.4 is 42.5 Å². The van der Waals surface area contributed by atoms with Gasteiger partial charge in [0.1, 0.15) is 0 Å². The van der Waals surface area contributed by atoms with Crippen LogP contribution in [0.25, 0.3) is 0 Å². The average Bonchev–Trinajstić information content (AvgIpc) is 3.74. The highest BCUT2D eigenvalue weighted by molar-refractivity contribution is 5.09. The molecule has 42 heavy (non-hydrogen) atoms. The van der Waals surface area contributed by atoms with Gasteiger partial charge < -0.3 is 0 Å². The molecule has 18 unspecified atom stereocenters. The third kappa shape index (κ3) is 4.59. The van der Waals surface area contributed by atoms with Gasteiger partial charge in [-0.05, 0) is 104 Å². The molecule has 236 valence electrons. The molecule has 18 atom stereocenters. The van der Waals surface area contributed by atoms with Crippen molar-refractivity contribution in [1.82, 2.24) is 42.5 Å². The molecule has 0 spiro atoms. The Morgan fingerprint density at radius 3 is 0.929 bits per heavy atom. The first-order chi connectivity index (χ1) is 20.6. The summed E-state index contributed by atoms with van der Waals surface area (Å²) < 4.78 is 0. The second-order valence-corrected chi connectivity index (χ2v) is 16.6. The standard InChI is InChI=1S/C34H60N8/c1-17-15-16-25-26(18(17)2)34-41-32-24-14-8-7-13-23(24)30(39-32)37-28-20-10-4-3-9-19(20)27(35-28)36-29-21-11-5-6-12-22(21)31(38-29)40-33(25)42-34/h17-42H,3-16H2,1-2H3. The highest BCUT2D eigenvalue weighted by Crippen LogP contribution is 2.47. The second kappa shape index (κ2) is 11.2. The molecular weight excluding hydrogens is 520 g/mol. The highest BCUT2D eigenvalue weighted by Gasteiger charge is 2.55. The third-order valence-corrected chi connectivity index (χ3v) is 14.8. The molecule has 0 radical (unpaired) electrons. The molecule has 4 saturated carbocycles. The molecule has 5 aliphatic heterocycles. The van der Waals surface area contributed by atoms with E-state index in [0.717, 1.165) is 47.3 Å². The van der Waals surface area contributed by atoms with Crippen LogP contribution in [-0.4, -0.2) is 49.3 Å². The minimum Gasteiger partial charge on any atom is -0.286 e. The molecule has 8 heteroatoms. The molecule has 0 aromatic heterocycles. The van der Waals surface area contributed by atoms with Crippen LogP contribution in [0.5, 0.6) is 0 Å². The number of fused-ring (bicyclic) bond motifs is 20. The SMILES string of the molecule is CC1CCC2C3NC4NC(NC5NC(NC6NC(NC(N3)C2C1C)C1CCCCC61)C1CCCCC51)C1CCCCC41. The predicted octanol–water partition coefficient (Wildman–Crippen LogP) is 3.10. The fourth-order valence-corrected chi connectivity index (χ4v) is 12.6. The van der Waals surface area contributed by atoms with Crippen LogP contribution in [0.3, 0.4) is 0 Å². The number of hydrogen-bond donors (Lipinski definition) is 8. The summed E-state index contributed by atoms with van der Waals surface area (Å²) in [6.45, 7) is 5.08. The van der Waals surface area contributed by atoms with Crippen molar-refractivity contribution < 1.29 is 0 Å². The summed E-state index contributed by atoms with van der Waals surface area (Å²) in [7, 11) is 0. The van der Waals surface area contributed by atoms with Crippen molar-refractivity contribution in [3.05, 3.63) is 0 Å². The first-order valence-electron chi connectivity index (χ1n) is 18.7. The van der Waals surface area contributed by atoms with Crippen LogP contribution in [-0.2, 0) is 0 Å². The highest BCUT2D eigenvalue weighted by atomic mass is 15.4. The van der Waals surface area contributed by atoms with Crippen molar-refractivity contribution in [1.29, 1.82) is 0 Å². The molecule has 8 nitrogen and oxygen atoms in total. The molecule has 8 N–H and O–H groups in total. The van der Waals surface area contributed by atoms with E-state index >= 15 is 0 Å². The first-order valence-corrected chi connectivity index (χ1v) is 18.7. The van der Waals surface area contributed by atoms with Crippen molar-refractivity contribution in [3.8, 4) is 0 Å². The largest absolute Gasteiger partial charge is 0.286 e. The van der Waals surface area contributed by atoms with E-state index in [-0.39, 0.29) is 0 Å². The summed E-state index contributed by atoms with van der Waals surface area (Å²) in [6, 6.07) is 0. The Kier molecular flexibility index (Phi) is 7.44. The van der Waals surface area contributed by atoms with Crippen LogP contribution in [0.4, 0.5) is 0 Å². The van der Waals surface area contributed by atoms with Gasteiger partial charge >= 0.3 is 0 Å². The van der Waals surface area contributed by atoms with E-state index in [1.165, 1.54) is 89.9 Å². The van der Waals surface area contributed by atoms with E-state index in [0.29, 0.717) is 61.2 Å². The van der Waals surface area contributed by atoms with Crippen molar-refractivity contribution in [3.63, 3.8) is 0 Å². The Labute approximate surface area is 254 Å². The molecule has 4 aliphatic carbocycles. The maximum absolute atomic E-state index is 4.31. The van der Waals surface area contributed by atoms with E-state index < -0.39 is 0 Å². The fraction of sp³-hybridized carbons (Fsp3) is 1.00. The summed E-state index contributed by atoms with van der Waals surface area (Å²) in [5, 5.41) is 34.0. The molecule has 5 heterocycles. The van der Waals surface area contributed by atoms with Gasteiger partial charge in [0.15, 0.2) is 0 Å². The average molecular weight is 581 g/mol. The van der Waals surface area contributed by atoms with Crippen LogP contribution in [0, 0.1) is 59.2 Å². The number of nitrogens with one attached hydrogen (secondary N) is 8. The molecule has 0 aromatic carbocycles. The molecule has 9 aliphatic rings. The Balaban J connectivity index is 1.06. The summed E-state index contributed by atoms with van der Waals surface area (Å²) in [6.07, 6.45) is 22.5. The minimum atomic E-state index is 0.381. The van der Waals surface area contributed by atoms with Crippen molar-refractivity contribution >= 4 is 0 Å². The lowest BCUT2D eigenvalue weighted by Gasteiger charge is -2.41. The van der Waals surface area contributed by atoms with Crippen molar-refractivity contribution in [2.45, 2.75) is 153 Å². The molecule has 0 aromatic rings. The third-order valence-electron chi connectivity index (χ3n) is 14.8. The lowest BCUT2D eigenvalue weighted by atomic mass is 9.67. The molecule has 9 fully saturated rings. The summed E-state index contributed by atoms with van der Waals surface area (Å²) in [5.41, 5.74) is 0. The zero-order valence-corrected chi connectivity index (χ0v) is 26.3. The lowest BCUT2D eigenvalue weighted by Crippen LogP contribution is -2.61. The zero-order chi connectivity index (χ0) is 27.9. The van der Waals surface area contributed by atoms with Gasteiger partial charge in [0.05, 0.1) is 49.3 Å². The molecule has 9 rings (SSSR count). The molecular formula is C34H60N8. The van der Waals surface area contributed by atoms with Crippen LogP contribution >= 0.6 is 0 Å². The van der Waals surface area contributed by atoms with Crippen LogP contribution in [0.1, 0.15) is 104 Å². The Bertz CT molecular complexity index is 977. The van der Waals surface area contributed by atoms with E-state index in [2.05, 4.69) is 56.4 Å². The zero-order valence-electron chi connectivity index (χ0n) is 26.3. The summed E-state index contributed by atoms with van der Waals surface area (Å²) in [5.74, 6) is 7.37. The lowest BCUT2D eigenvalue weighted by molar-refractivity contribution is 0.0927. The molecule has 8 bridgehead atoms. The quantitative estimate of drug-likeness (QED) is 0.222. The van der Waals surface area contributed by atoms with Gasteiger partial charge in [0.2, 0.25) is 0 Å². The Morgan fingerprint density at radius 1 is 0.310 bits per heavy atom. The van der Waals surface area contributed by atoms with E-state index in [1.807, 2.05) is 0 Å². The summed E-state index contributed by atoms with van der Waals surface area (Å²) >= 11 is 0. The topological polar surface area (TPSA) is 96.2 Å². The second-order valence-electron chi connectivity index (χ2n) is 16.6. The fourth-order valence-electron chi connectivity index (χ4n) is 12.6. The monoisotopic (exact) mass is 580 g/mol. The normalized spacial score (nSPS) is 59.0. The van der Waals surface area contributed by atoms with Gasteiger partial charge in [-0.3, -0.25) is 42.5 Å². The van der Waals surface area contributed by atoms with E-state index in [9.17, 15) is 0 Å². The minimum absolute atomic E-state index is 0.381. The molecule has 5 saturated heterocycles. The van der Waals surface area contributed by atoms with Gasteiger partial charge in [-0.2, -0.15) is 0 Å². The van der Waals surface area contributed by atoms with Crippen molar-refractivity contribution in [2.75, 3.05) is 0 Å².